The van der Waals surface area contributed by atoms with Crippen LogP contribution >= 0.6 is 23.2 Å². The smallest absolute Gasteiger partial charge is 0.145 e. The van der Waals surface area contributed by atoms with Crippen molar-refractivity contribution in [2.45, 2.75) is 38.8 Å². The molecule has 0 unspecified atom stereocenters. The van der Waals surface area contributed by atoms with E-state index in [2.05, 4.69) is 30.1 Å². The first-order chi connectivity index (χ1) is 11.0. The van der Waals surface area contributed by atoms with Gasteiger partial charge in [0.15, 0.2) is 0 Å². The molecule has 1 saturated heterocycles. The van der Waals surface area contributed by atoms with Gasteiger partial charge in [0.2, 0.25) is 0 Å². The largest absolute Gasteiger partial charge is 0.487 e. The van der Waals surface area contributed by atoms with Crippen LogP contribution in [0.5, 0.6) is 5.75 Å². The second-order valence-corrected chi connectivity index (χ2v) is 7.53. The van der Waals surface area contributed by atoms with Gasteiger partial charge in [-0.1, -0.05) is 23.2 Å². The number of hydrogen-bond acceptors (Lipinski definition) is 3. The lowest BCUT2D eigenvalue weighted by atomic mass is 10.0. The van der Waals surface area contributed by atoms with Gasteiger partial charge in [-0.2, -0.15) is 0 Å². The molecule has 1 fully saturated rings. The minimum Gasteiger partial charge on any atom is -0.487 e. The number of hydrogen-bond donors (Lipinski definition) is 1. The van der Waals surface area contributed by atoms with E-state index in [4.69, 9.17) is 27.9 Å². The first-order valence-electron chi connectivity index (χ1n) is 8.31. The van der Waals surface area contributed by atoms with Gasteiger partial charge >= 0.3 is 0 Å². The topological polar surface area (TPSA) is 24.5 Å². The van der Waals surface area contributed by atoms with Gasteiger partial charge in [0.1, 0.15) is 12.4 Å². The van der Waals surface area contributed by atoms with Crippen molar-refractivity contribution in [2.75, 3.05) is 26.2 Å². The van der Waals surface area contributed by atoms with Gasteiger partial charge < -0.3 is 15.0 Å². The summed E-state index contributed by atoms with van der Waals surface area (Å²) in [5, 5.41) is 4.89. The Bertz CT molecular complexity index is 593. The summed E-state index contributed by atoms with van der Waals surface area (Å²) in [6.45, 7) is 8.34. The van der Waals surface area contributed by atoms with Gasteiger partial charge in [-0.05, 0) is 63.6 Å². The van der Waals surface area contributed by atoms with Gasteiger partial charge in [-0.15, -0.1) is 0 Å². The Morgan fingerprint density at radius 2 is 2.00 bits per heavy atom. The van der Waals surface area contributed by atoms with Crippen LogP contribution in [0.4, 0.5) is 0 Å². The van der Waals surface area contributed by atoms with Crippen LogP contribution in [0.15, 0.2) is 17.7 Å². The lowest BCUT2D eigenvalue weighted by Crippen LogP contribution is -2.45. The van der Waals surface area contributed by atoms with Crippen LogP contribution in [0.3, 0.4) is 0 Å². The van der Waals surface area contributed by atoms with E-state index in [0.717, 1.165) is 17.9 Å². The summed E-state index contributed by atoms with van der Waals surface area (Å²) in [7, 11) is 0. The van der Waals surface area contributed by atoms with Gasteiger partial charge in [-0.25, -0.2) is 0 Å². The molecule has 0 atom stereocenters. The molecule has 23 heavy (non-hydrogen) atoms. The monoisotopic (exact) mass is 354 g/mol. The first kappa shape index (κ1) is 17.1. The molecule has 0 spiro atoms. The molecule has 0 aliphatic carbocycles. The SMILES string of the molecule is CC(C)N1CCC(NCC2=Cc3cc(Cl)cc(Cl)c3OC2)CC1. The van der Waals surface area contributed by atoms with E-state index in [-0.39, 0.29) is 0 Å². The third kappa shape index (κ3) is 4.21. The number of likely N-dealkylation sites (tertiary alicyclic amines) is 1. The fourth-order valence-corrected chi connectivity index (χ4v) is 3.83. The van der Waals surface area contributed by atoms with Crippen LogP contribution in [0.25, 0.3) is 6.08 Å². The zero-order valence-corrected chi connectivity index (χ0v) is 15.3. The average molecular weight is 355 g/mol. The minimum absolute atomic E-state index is 0.580. The number of piperidine rings is 1. The molecule has 0 saturated carbocycles. The van der Waals surface area contributed by atoms with E-state index < -0.39 is 0 Å². The molecule has 126 valence electrons. The summed E-state index contributed by atoms with van der Waals surface area (Å²) in [5.41, 5.74) is 2.21. The van der Waals surface area contributed by atoms with E-state index in [9.17, 15) is 0 Å². The molecule has 2 aliphatic heterocycles. The van der Waals surface area contributed by atoms with Crippen molar-refractivity contribution >= 4 is 29.3 Å². The summed E-state index contributed by atoms with van der Waals surface area (Å²) in [6, 6.07) is 4.87. The van der Waals surface area contributed by atoms with Crippen molar-refractivity contribution < 1.29 is 4.74 Å². The predicted molar refractivity (Wildman–Crippen MR) is 97.7 cm³/mol. The molecule has 0 aromatic heterocycles. The molecular weight excluding hydrogens is 331 g/mol. The van der Waals surface area contributed by atoms with E-state index in [1.165, 1.54) is 31.5 Å². The van der Waals surface area contributed by atoms with Crippen molar-refractivity contribution in [1.29, 1.82) is 0 Å². The molecule has 5 heteroatoms. The Hall–Kier alpha value is -0.740. The minimum atomic E-state index is 0.580. The van der Waals surface area contributed by atoms with E-state index in [0.29, 0.717) is 28.7 Å². The number of benzene rings is 1. The maximum atomic E-state index is 6.17. The third-order valence-electron chi connectivity index (χ3n) is 4.68. The predicted octanol–water partition coefficient (Wildman–Crippen LogP) is 4.23. The third-order valence-corrected chi connectivity index (χ3v) is 5.18. The Morgan fingerprint density at radius 3 is 2.70 bits per heavy atom. The van der Waals surface area contributed by atoms with Crippen molar-refractivity contribution in [2.24, 2.45) is 0 Å². The number of nitrogens with one attached hydrogen (secondary N) is 1. The maximum Gasteiger partial charge on any atom is 0.145 e. The highest BCUT2D eigenvalue weighted by Gasteiger charge is 2.21. The summed E-state index contributed by atoms with van der Waals surface area (Å²) < 4.78 is 5.80. The fourth-order valence-electron chi connectivity index (χ4n) is 3.26. The van der Waals surface area contributed by atoms with Crippen molar-refractivity contribution in [3.05, 3.63) is 33.3 Å². The van der Waals surface area contributed by atoms with Crippen molar-refractivity contribution in [3.63, 3.8) is 0 Å². The lowest BCUT2D eigenvalue weighted by Gasteiger charge is -2.35. The molecule has 1 aromatic carbocycles. The lowest BCUT2D eigenvalue weighted by molar-refractivity contribution is 0.162. The highest BCUT2D eigenvalue weighted by atomic mass is 35.5. The average Bonchev–Trinajstić information content (AvgIpc) is 2.52. The first-order valence-corrected chi connectivity index (χ1v) is 9.07. The molecule has 3 rings (SSSR count). The molecular formula is C18H24Cl2N2O. The summed E-state index contributed by atoms with van der Waals surface area (Å²) >= 11 is 12.3. The standard InChI is InChI=1S/C18H24Cl2N2O/c1-12(2)22-5-3-16(4-6-22)21-10-13-7-14-8-15(19)9-17(20)18(14)23-11-13/h7-9,12,16,21H,3-6,10-11H2,1-2H3. The van der Waals surface area contributed by atoms with Crippen molar-refractivity contribution in [3.8, 4) is 5.75 Å². The van der Waals surface area contributed by atoms with Gasteiger partial charge in [-0.3, -0.25) is 0 Å². The maximum absolute atomic E-state index is 6.17. The summed E-state index contributed by atoms with van der Waals surface area (Å²) in [6.07, 6.45) is 4.56. The van der Waals surface area contributed by atoms with Gasteiger partial charge in [0.05, 0.1) is 5.02 Å². The number of nitrogens with zero attached hydrogens (tertiary/aromatic N) is 1. The molecule has 3 nitrogen and oxygen atoms in total. The van der Waals surface area contributed by atoms with E-state index in [1.807, 2.05) is 6.07 Å². The zero-order valence-electron chi connectivity index (χ0n) is 13.7. The van der Waals surface area contributed by atoms with E-state index >= 15 is 0 Å². The molecule has 0 amide bonds. The number of ether oxygens (including phenoxy) is 1. The van der Waals surface area contributed by atoms with Crippen LogP contribution < -0.4 is 10.1 Å². The quantitative estimate of drug-likeness (QED) is 0.875. The van der Waals surface area contributed by atoms with Crippen LogP contribution in [-0.4, -0.2) is 43.2 Å². The molecule has 0 radical (unpaired) electrons. The fraction of sp³-hybridized carbons (Fsp3) is 0.556. The Labute approximate surface area is 148 Å². The number of fused-ring (bicyclic) bond motifs is 1. The summed E-state index contributed by atoms with van der Waals surface area (Å²) in [4.78, 5) is 2.54. The highest BCUT2D eigenvalue weighted by molar-refractivity contribution is 6.36. The Morgan fingerprint density at radius 1 is 1.26 bits per heavy atom. The highest BCUT2D eigenvalue weighted by Crippen LogP contribution is 2.36. The number of halogens is 2. The van der Waals surface area contributed by atoms with Crippen LogP contribution in [0, 0.1) is 0 Å². The van der Waals surface area contributed by atoms with Crippen LogP contribution in [0.2, 0.25) is 10.0 Å². The molecule has 1 aromatic rings. The van der Waals surface area contributed by atoms with Gasteiger partial charge in [0, 0.05) is 29.2 Å². The molecule has 2 aliphatic rings. The Kier molecular flexibility index (Phi) is 5.53. The zero-order chi connectivity index (χ0) is 16.4. The molecule has 0 bridgehead atoms. The van der Waals surface area contributed by atoms with Crippen molar-refractivity contribution in [1.82, 2.24) is 10.2 Å². The van der Waals surface area contributed by atoms with Gasteiger partial charge in [0.25, 0.3) is 0 Å². The second-order valence-electron chi connectivity index (χ2n) is 6.68. The normalized spacial score (nSPS) is 19.4. The number of rotatable bonds is 4. The molecule has 1 N–H and O–H groups in total. The molecule has 2 heterocycles. The Balaban J connectivity index is 1.56. The van der Waals surface area contributed by atoms with Crippen LogP contribution in [0.1, 0.15) is 32.3 Å². The summed E-state index contributed by atoms with van der Waals surface area (Å²) in [5.74, 6) is 0.741. The second kappa shape index (κ2) is 7.43. The van der Waals surface area contributed by atoms with E-state index in [1.54, 1.807) is 6.07 Å². The van der Waals surface area contributed by atoms with Crippen LogP contribution in [-0.2, 0) is 0 Å².